The average Bonchev–Trinajstić information content (AvgIpc) is 3.24. The molecule has 2 saturated heterocycles. The average molecular weight is 376 g/mol. The van der Waals surface area contributed by atoms with Gasteiger partial charge in [0.2, 0.25) is 0 Å². The molecule has 0 bridgehead atoms. The molecule has 8 unspecified atom stereocenters. The van der Waals surface area contributed by atoms with Crippen LogP contribution in [0.2, 0.25) is 0 Å². The van der Waals surface area contributed by atoms with E-state index in [1.165, 1.54) is 25.7 Å². The van der Waals surface area contributed by atoms with Gasteiger partial charge in [-0.2, -0.15) is 0 Å². The number of methoxy groups -OCH3 is 2. The summed E-state index contributed by atoms with van der Waals surface area (Å²) < 4.78 is 11.7. The van der Waals surface area contributed by atoms with Gasteiger partial charge in [0.15, 0.2) is 0 Å². The van der Waals surface area contributed by atoms with Crippen LogP contribution in [0.3, 0.4) is 0 Å². The topological polar surface area (TPSA) is 58.9 Å². The van der Waals surface area contributed by atoms with E-state index in [0.717, 1.165) is 25.7 Å². The van der Waals surface area contributed by atoms with Gasteiger partial charge in [0.05, 0.1) is 11.7 Å². The molecule has 4 nitrogen and oxygen atoms in total. The van der Waals surface area contributed by atoms with Gasteiger partial charge in [-0.1, -0.05) is 28.7 Å². The van der Waals surface area contributed by atoms with Crippen molar-refractivity contribution in [3.63, 3.8) is 0 Å². The van der Waals surface area contributed by atoms with Crippen LogP contribution in [-0.2, 0) is 9.47 Å². The number of hydrogen-bond acceptors (Lipinski definition) is 4. The number of aliphatic hydroxyl groups excluding tert-OH is 2. The van der Waals surface area contributed by atoms with Crippen LogP contribution in [0.15, 0.2) is 0 Å². The molecular formula is C18H34O4P2. The second-order valence-electron chi connectivity index (χ2n) is 7.52. The maximum Gasteiger partial charge on any atom is 0.0768 e. The Hall–Kier alpha value is 0.700. The minimum Gasteiger partial charge on any atom is -0.396 e. The van der Waals surface area contributed by atoms with E-state index in [-0.39, 0.29) is 15.8 Å². The Morgan fingerprint density at radius 1 is 0.708 bits per heavy atom. The summed E-state index contributed by atoms with van der Waals surface area (Å²) in [4.78, 5) is 0. The highest BCUT2D eigenvalue weighted by Gasteiger charge is 2.49. The first kappa shape index (κ1) is 19.5. The van der Waals surface area contributed by atoms with Crippen molar-refractivity contribution >= 4 is 15.8 Å². The van der Waals surface area contributed by atoms with E-state index in [4.69, 9.17) is 9.47 Å². The fraction of sp³-hybridized carbons (Fsp3) is 1.00. The van der Waals surface area contributed by atoms with Gasteiger partial charge in [0, 0.05) is 38.8 Å². The Morgan fingerprint density at radius 2 is 1.12 bits per heavy atom. The van der Waals surface area contributed by atoms with Gasteiger partial charge in [0.1, 0.15) is 0 Å². The van der Waals surface area contributed by atoms with Gasteiger partial charge >= 0.3 is 0 Å². The van der Waals surface area contributed by atoms with Crippen LogP contribution in [0.25, 0.3) is 0 Å². The third-order valence-electron chi connectivity index (χ3n) is 6.43. The van der Waals surface area contributed by atoms with Crippen molar-refractivity contribution in [3.8, 4) is 0 Å². The molecule has 0 spiro atoms. The van der Waals surface area contributed by atoms with Crippen LogP contribution in [0.1, 0.15) is 51.4 Å². The molecule has 8 atom stereocenters. The first-order valence-electron chi connectivity index (χ1n) is 9.57. The number of hydrogen-bond donors (Lipinski definition) is 2. The molecule has 0 aromatic carbocycles. The molecule has 3 fully saturated rings. The quantitative estimate of drug-likeness (QED) is 0.697. The molecular weight excluding hydrogens is 342 g/mol. The number of rotatable bonds is 6. The molecule has 0 aromatic rings. The monoisotopic (exact) mass is 376 g/mol. The molecule has 2 N–H and O–H groups in total. The smallest absolute Gasteiger partial charge is 0.0768 e. The van der Waals surface area contributed by atoms with Crippen LogP contribution in [0, 0.1) is 0 Å². The lowest BCUT2D eigenvalue weighted by atomic mass is 9.99. The SMILES string of the molecule is COC1CCC(CO)P1C1CCCCC1P1C(CO)CCC1OC. The van der Waals surface area contributed by atoms with E-state index < -0.39 is 0 Å². The van der Waals surface area contributed by atoms with Crippen LogP contribution < -0.4 is 0 Å². The predicted molar refractivity (Wildman–Crippen MR) is 102 cm³/mol. The number of ether oxygens (including phenoxy) is 2. The van der Waals surface area contributed by atoms with Gasteiger partial charge in [-0.05, 0) is 49.8 Å². The lowest BCUT2D eigenvalue weighted by molar-refractivity contribution is 0.164. The Labute approximate surface area is 149 Å². The van der Waals surface area contributed by atoms with Crippen molar-refractivity contribution in [2.45, 2.75) is 85.7 Å². The Morgan fingerprint density at radius 3 is 1.46 bits per heavy atom. The molecule has 0 aromatic heterocycles. The Kier molecular flexibility index (Phi) is 7.35. The summed E-state index contributed by atoms with van der Waals surface area (Å²) in [5.41, 5.74) is 2.33. The van der Waals surface area contributed by atoms with Crippen molar-refractivity contribution in [3.05, 3.63) is 0 Å². The normalized spacial score (nSPS) is 46.5. The summed E-state index contributed by atoms with van der Waals surface area (Å²) in [6.45, 7) is 0.647. The fourth-order valence-corrected chi connectivity index (χ4v) is 13.9. The summed E-state index contributed by atoms with van der Waals surface area (Å²) in [5, 5.41) is 19.9. The minimum absolute atomic E-state index is 0.287. The summed E-state index contributed by atoms with van der Waals surface area (Å²) in [5.74, 6) is 0.739. The second-order valence-corrected chi connectivity index (χ2v) is 13.2. The first-order valence-corrected chi connectivity index (χ1v) is 12.7. The van der Waals surface area contributed by atoms with E-state index in [0.29, 0.717) is 47.5 Å². The fourth-order valence-electron chi connectivity index (χ4n) is 5.34. The molecule has 2 heterocycles. The molecule has 6 heteroatoms. The second kappa shape index (κ2) is 9.07. The zero-order valence-corrected chi connectivity index (χ0v) is 16.9. The van der Waals surface area contributed by atoms with E-state index in [9.17, 15) is 10.2 Å². The van der Waals surface area contributed by atoms with Crippen molar-refractivity contribution < 1.29 is 19.7 Å². The van der Waals surface area contributed by atoms with Crippen molar-refractivity contribution in [2.24, 2.45) is 0 Å². The lowest BCUT2D eigenvalue weighted by Gasteiger charge is -2.45. The molecule has 1 aliphatic carbocycles. The predicted octanol–water partition coefficient (Wildman–Crippen LogP) is 3.52. The maximum atomic E-state index is 9.93. The number of aliphatic hydroxyl groups is 2. The summed E-state index contributed by atoms with van der Waals surface area (Å²) >= 11 is 0. The Bertz CT molecular complexity index is 337. The highest BCUT2D eigenvalue weighted by atomic mass is 31.1. The molecule has 24 heavy (non-hydrogen) atoms. The van der Waals surface area contributed by atoms with E-state index in [1.807, 2.05) is 14.2 Å². The van der Waals surface area contributed by atoms with Crippen LogP contribution in [0.4, 0.5) is 0 Å². The molecule has 3 aliphatic rings. The highest BCUT2D eigenvalue weighted by Crippen LogP contribution is 2.70. The van der Waals surface area contributed by atoms with E-state index in [1.54, 1.807) is 0 Å². The molecule has 2 aliphatic heterocycles. The van der Waals surface area contributed by atoms with Gasteiger partial charge < -0.3 is 19.7 Å². The summed E-state index contributed by atoms with van der Waals surface area (Å²) in [6, 6.07) is 0. The van der Waals surface area contributed by atoms with Crippen molar-refractivity contribution in [1.82, 2.24) is 0 Å². The van der Waals surface area contributed by atoms with Gasteiger partial charge in [-0.25, -0.2) is 0 Å². The minimum atomic E-state index is -0.287. The van der Waals surface area contributed by atoms with Crippen molar-refractivity contribution in [2.75, 3.05) is 27.4 Å². The third kappa shape index (κ3) is 3.71. The van der Waals surface area contributed by atoms with E-state index >= 15 is 0 Å². The van der Waals surface area contributed by atoms with Crippen LogP contribution >= 0.6 is 15.8 Å². The first-order chi connectivity index (χ1) is 11.7. The highest BCUT2D eigenvalue weighted by molar-refractivity contribution is 7.64. The van der Waals surface area contributed by atoms with Gasteiger partial charge in [-0.15, -0.1) is 0 Å². The van der Waals surface area contributed by atoms with Gasteiger partial charge in [-0.3, -0.25) is 0 Å². The molecule has 140 valence electrons. The van der Waals surface area contributed by atoms with Crippen LogP contribution in [-0.4, -0.2) is 72.0 Å². The van der Waals surface area contributed by atoms with E-state index in [2.05, 4.69) is 0 Å². The molecule has 0 radical (unpaired) electrons. The summed E-state index contributed by atoms with van der Waals surface area (Å²) in [6.07, 6.45) is 9.70. The standard InChI is InChI=1S/C18H34O4P2/c1-21-17-9-7-13(11-19)23(17)15-5-3-4-6-16(15)24-14(12-20)8-10-18(24)22-2/h13-20H,3-12H2,1-2H3. The van der Waals surface area contributed by atoms with Crippen molar-refractivity contribution in [1.29, 1.82) is 0 Å². The summed E-state index contributed by atoms with van der Waals surface area (Å²) in [7, 11) is 3.13. The zero-order chi connectivity index (χ0) is 17.1. The molecule has 1 saturated carbocycles. The largest absolute Gasteiger partial charge is 0.396 e. The lowest BCUT2D eigenvalue weighted by Crippen LogP contribution is -2.35. The maximum absolute atomic E-state index is 9.93. The zero-order valence-electron chi connectivity index (χ0n) is 15.1. The molecule has 0 amide bonds. The van der Waals surface area contributed by atoms with Gasteiger partial charge in [0.25, 0.3) is 0 Å². The van der Waals surface area contributed by atoms with Crippen LogP contribution in [0.5, 0.6) is 0 Å². The third-order valence-corrected chi connectivity index (χ3v) is 14.2. The Balaban J connectivity index is 1.84. The molecule has 3 rings (SSSR count).